The van der Waals surface area contributed by atoms with Crippen LogP contribution < -0.4 is 5.32 Å². The lowest BCUT2D eigenvalue weighted by Gasteiger charge is -2.53. The summed E-state index contributed by atoms with van der Waals surface area (Å²) in [5.41, 5.74) is 0.666. The molecular formula is C16H30N2. The second kappa shape index (κ2) is 5.13. The minimum absolute atomic E-state index is 0.666. The Balaban J connectivity index is 1.64. The number of nitrogens with one attached hydrogen (secondary N) is 1. The van der Waals surface area contributed by atoms with Gasteiger partial charge in [-0.25, -0.2) is 0 Å². The molecule has 1 saturated carbocycles. The van der Waals surface area contributed by atoms with Crippen LogP contribution in [0, 0.1) is 5.41 Å². The van der Waals surface area contributed by atoms with E-state index in [-0.39, 0.29) is 0 Å². The Morgan fingerprint density at radius 3 is 2.28 bits per heavy atom. The fourth-order valence-corrected chi connectivity index (χ4v) is 4.57. The van der Waals surface area contributed by atoms with E-state index in [1.54, 1.807) is 0 Å². The van der Waals surface area contributed by atoms with Crippen LogP contribution in [0.25, 0.3) is 0 Å². The molecule has 104 valence electrons. The Morgan fingerprint density at radius 2 is 1.78 bits per heavy atom. The summed E-state index contributed by atoms with van der Waals surface area (Å²) < 4.78 is 0. The van der Waals surface area contributed by atoms with Gasteiger partial charge in [-0.2, -0.15) is 0 Å². The van der Waals surface area contributed by atoms with Crippen LogP contribution in [0.2, 0.25) is 0 Å². The van der Waals surface area contributed by atoms with Crippen molar-refractivity contribution in [2.45, 2.75) is 83.3 Å². The molecule has 3 aliphatic rings. The van der Waals surface area contributed by atoms with Crippen molar-refractivity contribution in [3.05, 3.63) is 0 Å². The Bertz CT molecular complexity index is 271. The average Bonchev–Trinajstić information content (AvgIpc) is 2.28. The highest BCUT2D eigenvalue weighted by molar-refractivity contribution is 4.98. The van der Waals surface area contributed by atoms with Crippen molar-refractivity contribution >= 4 is 0 Å². The van der Waals surface area contributed by atoms with Crippen LogP contribution >= 0.6 is 0 Å². The minimum Gasteiger partial charge on any atom is -0.314 e. The van der Waals surface area contributed by atoms with E-state index in [4.69, 9.17) is 0 Å². The van der Waals surface area contributed by atoms with E-state index in [1.807, 2.05) is 0 Å². The maximum Gasteiger partial charge on any atom is 0.0113 e. The van der Waals surface area contributed by atoms with Crippen LogP contribution in [0.3, 0.4) is 0 Å². The molecule has 3 fully saturated rings. The number of hydrogen-bond donors (Lipinski definition) is 1. The number of nitrogens with zero attached hydrogens (tertiary/aromatic N) is 1. The highest BCUT2D eigenvalue weighted by Crippen LogP contribution is 2.44. The van der Waals surface area contributed by atoms with Gasteiger partial charge >= 0.3 is 0 Å². The van der Waals surface area contributed by atoms with E-state index in [0.717, 1.165) is 24.7 Å². The zero-order chi connectivity index (χ0) is 12.6. The van der Waals surface area contributed by atoms with Crippen LogP contribution in [0.4, 0.5) is 0 Å². The fraction of sp³-hybridized carbons (Fsp3) is 1.00. The summed E-state index contributed by atoms with van der Waals surface area (Å²) in [4.78, 5) is 2.91. The van der Waals surface area contributed by atoms with E-state index in [2.05, 4.69) is 24.1 Å². The van der Waals surface area contributed by atoms with Crippen molar-refractivity contribution in [1.82, 2.24) is 10.2 Å². The summed E-state index contributed by atoms with van der Waals surface area (Å²) in [6, 6.07) is 2.58. The summed E-state index contributed by atoms with van der Waals surface area (Å²) in [5, 5.41) is 3.70. The van der Waals surface area contributed by atoms with Gasteiger partial charge in [-0.15, -0.1) is 0 Å². The van der Waals surface area contributed by atoms with Crippen LogP contribution in [0.5, 0.6) is 0 Å². The average molecular weight is 250 g/mol. The maximum absolute atomic E-state index is 3.70. The first-order chi connectivity index (χ1) is 8.70. The SMILES string of the molecule is CCNC1CC2CCCC(C1)N2CC1(C)CCC1. The zero-order valence-electron chi connectivity index (χ0n) is 12.3. The highest BCUT2D eigenvalue weighted by Gasteiger charge is 2.42. The number of rotatable bonds is 4. The van der Waals surface area contributed by atoms with Crippen LogP contribution in [0.1, 0.15) is 65.2 Å². The fourth-order valence-electron chi connectivity index (χ4n) is 4.57. The van der Waals surface area contributed by atoms with Gasteiger partial charge in [-0.3, -0.25) is 4.90 Å². The van der Waals surface area contributed by atoms with Crippen molar-refractivity contribution < 1.29 is 0 Å². The van der Waals surface area contributed by atoms with Gasteiger partial charge in [0.15, 0.2) is 0 Å². The lowest BCUT2D eigenvalue weighted by Crippen LogP contribution is -2.59. The number of fused-ring (bicyclic) bond motifs is 2. The molecule has 2 heteroatoms. The predicted molar refractivity (Wildman–Crippen MR) is 76.8 cm³/mol. The first-order valence-corrected chi connectivity index (χ1v) is 8.19. The molecule has 1 N–H and O–H groups in total. The van der Waals surface area contributed by atoms with E-state index in [0.29, 0.717) is 5.41 Å². The number of piperidine rings is 2. The smallest absolute Gasteiger partial charge is 0.0113 e. The zero-order valence-corrected chi connectivity index (χ0v) is 12.3. The van der Waals surface area contributed by atoms with Gasteiger partial charge in [0, 0.05) is 24.7 Å². The standard InChI is InChI=1S/C16H30N2/c1-3-17-13-10-14-6-4-7-15(11-13)18(14)12-16(2)8-5-9-16/h13-15,17H,3-12H2,1-2H3. The van der Waals surface area contributed by atoms with Gasteiger partial charge in [0.1, 0.15) is 0 Å². The second-order valence-corrected chi connectivity index (χ2v) is 7.30. The minimum atomic E-state index is 0.666. The third kappa shape index (κ3) is 2.46. The van der Waals surface area contributed by atoms with E-state index in [1.165, 1.54) is 57.9 Å². The van der Waals surface area contributed by atoms with Gasteiger partial charge in [0.05, 0.1) is 0 Å². The van der Waals surface area contributed by atoms with E-state index in [9.17, 15) is 0 Å². The lowest BCUT2D eigenvalue weighted by atomic mass is 9.68. The van der Waals surface area contributed by atoms with Gasteiger partial charge in [0.2, 0.25) is 0 Å². The maximum atomic E-state index is 3.70. The third-order valence-corrected chi connectivity index (χ3v) is 5.74. The normalized spacial score (nSPS) is 39.3. The molecule has 0 aromatic carbocycles. The Labute approximate surface area is 113 Å². The van der Waals surface area contributed by atoms with Crippen molar-refractivity contribution in [3.8, 4) is 0 Å². The molecule has 2 aliphatic heterocycles. The molecule has 0 aromatic rings. The van der Waals surface area contributed by atoms with Crippen molar-refractivity contribution in [3.63, 3.8) is 0 Å². The quantitative estimate of drug-likeness (QED) is 0.824. The van der Waals surface area contributed by atoms with Crippen LogP contribution in [-0.2, 0) is 0 Å². The molecule has 0 spiro atoms. The molecule has 0 amide bonds. The highest BCUT2D eigenvalue weighted by atomic mass is 15.2. The first kappa shape index (κ1) is 12.9. The summed E-state index contributed by atoms with van der Waals surface area (Å²) in [6.45, 7) is 7.29. The van der Waals surface area contributed by atoms with Crippen LogP contribution in [-0.4, -0.2) is 36.1 Å². The third-order valence-electron chi connectivity index (χ3n) is 5.74. The molecule has 3 rings (SSSR count). The molecule has 2 nitrogen and oxygen atoms in total. The van der Waals surface area contributed by atoms with Gasteiger partial charge in [0.25, 0.3) is 0 Å². The molecule has 2 heterocycles. The molecule has 2 bridgehead atoms. The summed E-state index contributed by atoms with van der Waals surface area (Å²) >= 11 is 0. The second-order valence-electron chi connectivity index (χ2n) is 7.30. The summed E-state index contributed by atoms with van der Waals surface area (Å²) in [7, 11) is 0. The molecule has 0 aromatic heterocycles. The molecule has 2 saturated heterocycles. The summed E-state index contributed by atoms with van der Waals surface area (Å²) in [5.74, 6) is 0. The monoisotopic (exact) mass is 250 g/mol. The van der Waals surface area contributed by atoms with Gasteiger partial charge in [-0.1, -0.05) is 26.7 Å². The topological polar surface area (TPSA) is 15.3 Å². The van der Waals surface area contributed by atoms with Crippen molar-refractivity contribution in [2.75, 3.05) is 13.1 Å². The first-order valence-electron chi connectivity index (χ1n) is 8.19. The molecule has 0 radical (unpaired) electrons. The molecule has 2 unspecified atom stereocenters. The van der Waals surface area contributed by atoms with Crippen LogP contribution in [0.15, 0.2) is 0 Å². The lowest BCUT2D eigenvalue weighted by molar-refractivity contribution is -0.0267. The molecule has 18 heavy (non-hydrogen) atoms. The molecular weight excluding hydrogens is 220 g/mol. The largest absolute Gasteiger partial charge is 0.314 e. The van der Waals surface area contributed by atoms with E-state index < -0.39 is 0 Å². The van der Waals surface area contributed by atoms with Gasteiger partial charge in [-0.05, 0) is 50.5 Å². The van der Waals surface area contributed by atoms with Crippen molar-refractivity contribution in [2.24, 2.45) is 5.41 Å². The Morgan fingerprint density at radius 1 is 1.11 bits per heavy atom. The number of hydrogen-bond acceptors (Lipinski definition) is 2. The van der Waals surface area contributed by atoms with Crippen molar-refractivity contribution in [1.29, 1.82) is 0 Å². The Hall–Kier alpha value is -0.0800. The molecule has 2 atom stereocenters. The van der Waals surface area contributed by atoms with E-state index >= 15 is 0 Å². The Kier molecular flexibility index (Phi) is 3.68. The van der Waals surface area contributed by atoms with Gasteiger partial charge < -0.3 is 5.32 Å². The predicted octanol–water partition coefficient (Wildman–Crippen LogP) is 3.17. The summed E-state index contributed by atoms with van der Waals surface area (Å²) in [6.07, 6.45) is 11.6. The molecule has 1 aliphatic carbocycles.